The van der Waals surface area contributed by atoms with Gasteiger partial charge in [-0.05, 0) is 35.8 Å². The predicted octanol–water partition coefficient (Wildman–Crippen LogP) is 1.33. The molecule has 102 valence electrons. The van der Waals surface area contributed by atoms with E-state index < -0.39 is 0 Å². The van der Waals surface area contributed by atoms with E-state index in [1.165, 1.54) is 13.1 Å². The average Bonchev–Trinajstić information content (AvgIpc) is 2.38. The first-order chi connectivity index (χ1) is 9.56. The number of aromatic nitrogens is 1. The molecular formula is C13H12N4O2S. The zero-order valence-corrected chi connectivity index (χ0v) is 11.5. The van der Waals surface area contributed by atoms with Crippen molar-refractivity contribution in [3.63, 3.8) is 0 Å². The number of benzene rings is 1. The number of hydrazone groups is 1. The number of hydrogen-bond acceptors (Lipinski definition) is 5. The van der Waals surface area contributed by atoms with E-state index in [2.05, 4.69) is 27.7 Å². The molecule has 0 aliphatic rings. The summed E-state index contributed by atoms with van der Waals surface area (Å²) >= 11 is 4.65. The maximum absolute atomic E-state index is 11.0. The van der Waals surface area contributed by atoms with E-state index >= 15 is 0 Å². The summed E-state index contributed by atoms with van der Waals surface area (Å²) < 4.78 is 5.05. The third-order valence-electron chi connectivity index (χ3n) is 2.39. The van der Waals surface area contributed by atoms with E-state index in [1.54, 1.807) is 18.3 Å². The summed E-state index contributed by atoms with van der Waals surface area (Å²) in [5, 5.41) is 5.70. The van der Waals surface area contributed by atoms with Crippen molar-refractivity contribution in [2.45, 2.75) is 6.92 Å². The minimum absolute atomic E-state index is 0.0714. The number of nitrogens with one attached hydrogen (secondary N) is 1. The lowest BCUT2D eigenvalue weighted by Gasteiger charge is -2.05. The molecule has 1 heterocycles. The van der Waals surface area contributed by atoms with Gasteiger partial charge in [-0.25, -0.2) is 0 Å². The second kappa shape index (κ2) is 6.07. The molecule has 0 unspecified atom stereocenters. The zero-order chi connectivity index (χ0) is 14.5. The van der Waals surface area contributed by atoms with Crippen LogP contribution in [0.15, 0.2) is 35.6 Å². The zero-order valence-electron chi connectivity index (χ0n) is 10.7. The Balaban J connectivity index is 2.40. The summed E-state index contributed by atoms with van der Waals surface area (Å²) in [6.07, 6.45) is 3.16. The summed E-state index contributed by atoms with van der Waals surface area (Å²) in [6, 6.07) is 7.14. The van der Waals surface area contributed by atoms with Crippen LogP contribution in [0.25, 0.3) is 10.8 Å². The van der Waals surface area contributed by atoms with Gasteiger partial charge in [-0.15, -0.1) is 0 Å². The molecule has 0 amide bonds. The van der Waals surface area contributed by atoms with Gasteiger partial charge in [0.15, 0.2) is 5.11 Å². The summed E-state index contributed by atoms with van der Waals surface area (Å²) in [4.78, 5) is 15.2. The van der Waals surface area contributed by atoms with Crippen LogP contribution in [0, 0.1) is 0 Å². The van der Waals surface area contributed by atoms with E-state index in [0.29, 0.717) is 11.4 Å². The van der Waals surface area contributed by atoms with Gasteiger partial charge in [-0.1, -0.05) is 6.07 Å². The smallest absolute Gasteiger partial charge is 0.308 e. The van der Waals surface area contributed by atoms with Gasteiger partial charge in [0.1, 0.15) is 5.75 Å². The van der Waals surface area contributed by atoms with Crippen LogP contribution in [-0.4, -0.2) is 22.3 Å². The molecule has 2 rings (SSSR count). The second-order valence-electron chi connectivity index (χ2n) is 3.91. The molecule has 0 saturated carbocycles. The third-order valence-corrected chi connectivity index (χ3v) is 2.48. The Bertz CT molecular complexity index is 700. The van der Waals surface area contributed by atoms with Crippen molar-refractivity contribution in [3.05, 3.63) is 36.2 Å². The number of esters is 1. The molecule has 1 aromatic carbocycles. The molecule has 6 nitrogen and oxygen atoms in total. The van der Waals surface area contributed by atoms with Crippen molar-refractivity contribution >= 4 is 40.3 Å². The molecular weight excluding hydrogens is 276 g/mol. The van der Waals surface area contributed by atoms with Crippen molar-refractivity contribution in [2.24, 2.45) is 10.8 Å². The molecule has 0 aliphatic heterocycles. The highest BCUT2D eigenvalue weighted by atomic mass is 32.1. The van der Waals surface area contributed by atoms with Gasteiger partial charge in [-0.2, -0.15) is 5.10 Å². The molecule has 0 spiro atoms. The molecule has 0 atom stereocenters. The molecule has 0 saturated heterocycles. The minimum atomic E-state index is -0.376. The number of nitrogens with zero attached hydrogens (tertiary/aromatic N) is 2. The van der Waals surface area contributed by atoms with Gasteiger partial charge in [0.25, 0.3) is 0 Å². The highest BCUT2D eigenvalue weighted by Crippen LogP contribution is 2.22. The molecule has 0 radical (unpaired) electrons. The largest absolute Gasteiger partial charge is 0.427 e. The Labute approximate surface area is 120 Å². The van der Waals surface area contributed by atoms with Crippen LogP contribution in [0.3, 0.4) is 0 Å². The van der Waals surface area contributed by atoms with Gasteiger partial charge < -0.3 is 10.5 Å². The van der Waals surface area contributed by atoms with Crippen LogP contribution in [-0.2, 0) is 4.79 Å². The number of fused-ring (bicyclic) bond motifs is 1. The number of ether oxygens (including phenoxy) is 1. The van der Waals surface area contributed by atoms with Crippen molar-refractivity contribution in [2.75, 3.05) is 0 Å². The minimum Gasteiger partial charge on any atom is -0.427 e. The van der Waals surface area contributed by atoms with E-state index in [1.807, 2.05) is 12.1 Å². The maximum atomic E-state index is 11.0. The molecule has 2 aromatic rings. The van der Waals surface area contributed by atoms with Gasteiger partial charge in [0, 0.05) is 18.5 Å². The standard InChI is InChI=1S/C13H12N4O2S/c1-8(18)19-10-3-2-9-4-5-15-12(11(9)6-10)7-16-17-13(14)20/h2-7H,1H3,(H3,14,17,20). The predicted molar refractivity (Wildman–Crippen MR) is 80.6 cm³/mol. The van der Waals surface area contributed by atoms with Crippen LogP contribution in [0.5, 0.6) is 5.75 Å². The van der Waals surface area contributed by atoms with Crippen molar-refractivity contribution in [3.8, 4) is 5.75 Å². The van der Waals surface area contributed by atoms with Crippen LogP contribution in [0.1, 0.15) is 12.6 Å². The lowest BCUT2D eigenvalue weighted by molar-refractivity contribution is -0.131. The fourth-order valence-corrected chi connectivity index (χ4v) is 1.71. The van der Waals surface area contributed by atoms with Gasteiger partial charge >= 0.3 is 5.97 Å². The maximum Gasteiger partial charge on any atom is 0.308 e. The molecule has 0 aliphatic carbocycles. The van der Waals surface area contributed by atoms with Crippen molar-refractivity contribution in [1.82, 2.24) is 10.4 Å². The fourth-order valence-electron chi connectivity index (χ4n) is 1.66. The number of pyridine rings is 1. The average molecular weight is 288 g/mol. The van der Waals surface area contributed by atoms with Gasteiger partial charge in [0.2, 0.25) is 0 Å². The van der Waals surface area contributed by atoms with Gasteiger partial charge in [-0.3, -0.25) is 15.2 Å². The Hall–Kier alpha value is -2.54. The molecule has 7 heteroatoms. The summed E-state index contributed by atoms with van der Waals surface area (Å²) in [5.74, 6) is 0.0774. The van der Waals surface area contributed by atoms with Gasteiger partial charge in [0.05, 0.1) is 11.9 Å². The van der Waals surface area contributed by atoms with E-state index in [4.69, 9.17) is 10.5 Å². The highest BCUT2D eigenvalue weighted by molar-refractivity contribution is 7.80. The lowest BCUT2D eigenvalue weighted by atomic mass is 10.1. The molecule has 1 aromatic heterocycles. The summed E-state index contributed by atoms with van der Waals surface area (Å²) in [6.45, 7) is 1.35. The quantitative estimate of drug-likeness (QED) is 0.291. The second-order valence-corrected chi connectivity index (χ2v) is 4.35. The number of nitrogens with two attached hydrogens (primary N) is 1. The molecule has 0 bridgehead atoms. The monoisotopic (exact) mass is 288 g/mol. The first kappa shape index (κ1) is 13.9. The fraction of sp³-hybridized carbons (Fsp3) is 0.0769. The first-order valence-electron chi connectivity index (χ1n) is 5.72. The van der Waals surface area contributed by atoms with E-state index in [0.717, 1.165) is 10.8 Å². The first-order valence-corrected chi connectivity index (χ1v) is 6.13. The molecule has 3 N–H and O–H groups in total. The Kier molecular flexibility index (Phi) is 4.21. The van der Waals surface area contributed by atoms with Crippen LogP contribution >= 0.6 is 12.2 Å². The number of carbonyl (C=O) groups excluding carboxylic acids is 1. The lowest BCUT2D eigenvalue weighted by Crippen LogP contribution is -2.24. The summed E-state index contributed by atoms with van der Waals surface area (Å²) in [5.41, 5.74) is 8.35. The Morgan fingerprint density at radius 1 is 1.50 bits per heavy atom. The van der Waals surface area contributed by atoms with Crippen LogP contribution < -0.4 is 15.9 Å². The number of carbonyl (C=O) groups is 1. The molecule has 0 fully saturated rings. The van der Waals surface area contributed by atoms with Crippen molar-refractivity contribution in [1.29, 1.82) is 0 Å². The topological polar surface area (TPSA) is 89.6 Å². The Morgan fingerprint density at radius 2 is 2.30 bits per heavy atom. The normalized spacial score (nSPS) is 10.7. The van der Waals surface area contributed by atoms with Crippen molar-refractivity contribution < 1.29 is 9.53 Å². The SMILES string of the molecule is CC(=O)Oc1ccc2ccnc(C=NNC(N)=S)c2c1. The summed E-state index contributed by atoms with van der Waals surface area (Å²) in [7, 11) is 0. The molecule has 20 heavy (non-hydrogen) atoms. The highest BCUT2D eigenvalue weighted by Gasteiger charge is 2.04. The number of thiocarbonyl (C=S) groups is 1. The Morgan fingerprint density at radius 3 is 3.00 bits per heavy atom. The number of hydrogen-bond donors (Lipinski definition) is 2. The third kappa shape index (κ3) is 3.48. The van der Waals surface area contributed by atoms with Crippen LogP contribution in [0.4, 0.5) is 0 Å². The van der Waals surface area contributed by atoms with Crippen LogP contribution in [0.2, 0.25) is 0 Å². The number of rotatable bonds is 3. The van der Waals surface area contributed by atoms with E-state index in [9.17, 15) is 4.79 Å². The van der Waals surface area contributed by atoms with E-state index in [-0.39, 0.29) is 11.1 Å².